The van der Waals surface area contributed by atoms with Gasteiger partial charge in [0, 0.05) is 62.2 Å². The summed E-state index contributed by atoms with van der Waals surface area (Å²) >= 11 is 0. The number of carbonyl (C=O) groups excluding carboxylic acids is 1. The third-order valence-electron chi connectivity index (χ3n) is 8.40. The Labute approximate surface area is 221 Å². The van der Waals surface area contributed by atoms with E-state index in [0.29, 0.717) is 42.7 Å². The van der Waals surface area contributed by atoms with Gasteiger partial charge in [0.05, 0.1) is 17.4 Å². The third kappa shape index (κ3) is 3.98. The molecule has 5 heterocycles. The number of aryl methyl sites for hydroxylation is 1. The molecule has 10 nitrogen and oxygen atoms in total. The van der Waals surface area contributed by atoms with Crippen molar-refractivity contribution in [2.24, 2.45) is 11.3 Å². The van der Waals surface area contributed by atoms with Crippen molar-refractivity contribution in [3.63, 3.8) is 0 Å². The quantitative estimate of drug-likeness (QED) is 0.500. The summed E-state index contributed by atoms with van der Waals surface area (Å²) in [6.07, 6.45) is 6.02. The molecule has 1 spiro atoms. The van der Waals surface area contributed by atoms with Gasteiger partial charge < -0.3 is 19.8 Å². The molecule has 196 valence electrons. The number of nitrogens with zero attached hydrogens (tertiary/aromatic N) is 7. The Balaban J connectivity index is 1.45. The van der Waals surface area contributed by atoms with Gasteiger partial charge in [-0.3, -0.25) is 9.89 Å². The van der Waals surface area contributed by atoms with E-state index >= 15 is 0 Å². The molecule has 0 unspecified atom stereocenters. The maximum atomic E-state index is 12.1. The first-order valence-corrected chi connectivity index (χ1v) is 13.2. The largest absolute Gasteiger partial charge is 0.396 e. The van der Waals surface area contributed by atoms with E-state index in [2.05, 4.69) is 32.6 Å². The number of hydrogen-bond donors (Lipinski definition) is 2. The van der Waals surface area contributed by atoms with Gasteiger partial charge in [-0.25, -0.2) is 4.98 Å². The van der Waals surface area contributed by atoms with Crippen LogP contribution in [0.2, 0.25) is 0 Å². The molecule has 2 aromatic heterocycles. The second kappa shape index (κ2) is 9.40. The summed E-state index contributed by atoms with van der Waals surface area (Å²) in [5, 5.41) is 28.5. The van der Waals surface area contributed by atoms with Crippen LogP contribution in [0.5, 0.6) is 0 Å². The fourth-order valence-corrected chi connectivity index (χ4v) is 6.35. The standard InChI is InChI=1S/C28H32N8O2/c1-3-23(38)36-16-28(17-36)8-10-35(15-28)26-20(11-29)25(24-18(2)6-7-22-21(24)12-30-33-22)31-27(32-26)34-9-4-5-19(13-34)14-37/h3,6-7,12,19,37H,1,4-5,8-10,13-17H2,2H3,(H,30,33)/t19-/m1/s1. The molecule has 1 aromatic carbocycles. The number of rotatable bonds is 5. The number of aromatic amines is 1. The van der Waals surface area contributed by atoms with E-state index < -0.39 is 0 Å². The van der Waals surface area contributed by atoms with Gasteiger partial charge in [-0.2, -0.15) is 15.3 Å². The minimum absolute atomic E-state index is 0.00423. The molecule has 6 rings (SSSR count). The molecule has 1 atom stereocenters. The average molecular weight is 513 g/mol. The van der Waals surface area contributed by atoms with Gasteiger partial charge in [-0.05, 0) is 49.8 Å². The Hall–Kier alpha value is -3.97. The van der Waals surface area contributed by atoms with Crippen molar-refractivity contribution in [1.82, 2.24) is 25.1 Å². The number of benzene rings is 1. The Morgan fingerprint density at radius 2 is 2.13 bits per heavy atom. The van der Waals surface area contributed by atoms with Crippen LogP contribution in [0.1, 0.15) is 30.4 Å². The summed E-state index contributed by atoms with van der Waals surface area (Å²) < 4.78 is 0. The van der Waals surface area contributed by atoms with Crippen LogP contribution in [0.3, 0.4) is 0 Å². The third-order valence-corrected chi connectivity index (χ3v) is 8.40. The van der Waals surface area contributed by atoms with Crippen LogP contribution < -0.4 is 9.80 Å². The number of fused-ring (bicyclic) bond motifs is 1. The normalized spacial score (nSPS) is 20.6. The smallest absolute Gasteiger partial charge is 0.245 e. The predicted octanol–water partition coefficient (Wildman–Crippen LogP) is 2.63. The van der Waals surface area contributed by atoms with E-state index in [1.165, 1.54) is 6.08 Å². The summed E-state index contributed by atoms with van der Waals surface area (Å²) in [6, 6.07) is 6.45. The second-order valence-electron chi connectivity index (χ2n) is 11.0. The number of hydrogen-bond acceptors (Lipinski definition) is 8. The molecule has 0 radical (unpaired) electrons. The van der Waals surface area contributed by atoms with E-state index in [1.54, 1.807) is 6.20 Å². The van der Waals surface area contributed by atoms with Crippen LogP contribution in [0.25, 0.3) is 22.2 Å². The van der Waals surface area contributed by atoms with Crippen molar-refractivity contribution in [3.8, 4) is 17.3 Å². The molecule has 3 aliphatic heterocycles. The summed E-state index contributed by atoms with van der Waals surface area (Å²) in [5.41, 5.74) is 3.85. The molecule has 10 heteroatoms. The van der Waals surface area contributed by atoms with Gasteiger partial charge >= 0.3 is 0 Å². The van der Waals surface area contributed by atoms with Crippen LogP contribution in [0, 0.1) is 29.6 Å². The maximum Gasteiger partial charge on any atom is 0.245 e. The zero-order chi connectivity index (χ0) is 26.4. The number of carbonyl (C=O) groups is 1. The monoisotopic (exact) mass is 512 g/mol. The van der Waals surface area contributed by atoms with Gasteiger partial charge in [0.25, 0.3) is 0 Å². The Bertz CT molecular complexity index is 1450. The molecule has 0 bridgehead atoms. The fraction of sp³-hybridized carbons (Fsp3) is 0.464. The van der Waals surface area contributed by atoms with E-state index in [-0.39, 0.29) is 23.8 Å². The number of aliphatic hydroxyl groups is 1. The zero-order valence-corrected chi connectivity index (χ0v) is 21.7. The molecule has 0 aliphatic carbocycles. The first-order valence-electron chi connectivity index (χ1n) is 13.2. The van der Waals surface area contributed by atoms with E-state index in [4.69, 9.17) is 9.97 Å². The number of aliphatic hydroxyl groups excluding tert-OH is 1. The molecular formula is C28H32N8O2. The number of H-pyrrole nitrogens is 1. The number of anilines is 2. The van der Waals surface area contributed by atoms with Crippen molar-refractivity contribution in [1.29, 1.82) is 5.26 Å². The van der Waals surface area contributed by atoms with Crippen molar-refractivity contribution in [2.75, 3.05) is 55.7 Å². The van der Waals surface area contributed by atoms with Gasteiger partial charge in [0.1, 0.15) is 11.6 Å². The molecule has 38 heavy (non-hydrogen) atoms. The molecular weight excluding hydrogens is 480 g/mol. The fourth-order valence-electron chi connectivity index (χ4n) is 6.35. The lowest BCUT2D eigenvalue weighted by molar-refractivity contribution is -0.136. The van der Waals surface area contributed by atoms with Gasteiger partial charge in [0.15, 0.2) is 5.82 Å². The highest BCUT2D eigenvalue weighted by atomic mass is 16.3. The van der Waals surface area contributed by atoms with Crippen LogP contribution in [-0.2, 0) is 4.79 Å². The Morgan fingerprint density at radius 3 is 2.89 bits per heavy atom. The van der Waals surface area contributed by atoms with Crippen LogP contribution in [0.4, 0.5) is 11.8 Å². The molecule has 0 saturated carbocycles. The van der Waals surface area contributed by atoms with Gasteiger partial charge in [-0.1, -0.05) is 12.6 Å². The van der Waals surface area contributed by atoms with Crippen molar-refractivity contribution in [2.45, 2.75) is 26.2 Å². The van der Waals surface area contributed by atoms with Crippen LogP contribution in [0.15, 0.2) is 31.0 Å². The molecule has 3 aromatic rings. The van der Waals surface area contributed by atoms with Crippen molar-refractivity contribution >= 4 is 28.6 Å². The molecule has 2 N–H and O–H groups in total. The highest BCUT2D eigenvalue weighted by molar-refractivity contribution is 5.97. The summed E-state index contributed by atoms with van der Waals surface area (Å²) in [5.74, 6) is 1.37. The lowest BCUT2D eigenvalue weighted by Crippen LogP contribution is -2.59. The first kappa shape index (κ1) is 24.4. The summed E-state index contributed by atoms with van der Waals surface area (Å²) in [6.45, 7) is 10.1. The Kier molecular flexibility index (Phi) is 6.03. The van der Waals surface area contributed by atoms with Crippen LogP contribution in [-0.4, -0.2) is 82.0 Å². The molecule has 3 aliphatic rings. The number of nitrogens with one attached hydrogen (secondary N) is 1. The second-order valence-corrected chi connectivity index (χ2v) is 11.0. The number of likely N-dealkylation sites (tertiary alicyclic amines) is 1. The SMILES string of the molecule is C=CC(=O)N1CC2(CCN(c3nc(N4CCC[C@@H](CO)C4)nc(-c4c(C)ccc5[nH]ncc45)c3C#N)C2)C1. The Morgan fingerprint density at radius 1 is 1.29 bits per heavy atom. The summed E-state index contributed by atoms with van der Waals surface area (Å²) in [4.78, 5) is 28.3. The van der Waals surface area contributed by atoms with Crippen molar-refractivity contribution < 1.29 is 9.90 Å². The molecule has 1 amide bonds. The van der Waals surface area contributed by atoms with Crippen LogP contribution >= 0.6 is 0 Å². The maximum absolute atomic E-state index is 12.1. The average Bonchev–Trinajstić information content (AvgIpc) is 3.59. The topological polar surface area (TPSA) is 125 Å². The lowest BCUT2D eigenvalue weighted by Gasteiger charge is -2.47. The van der Waals surface area contributed by atoms with Gasteiger partial charge in [0.2, 0.25) is 11.9 Å². The van der Waals surface area contributed by atoms with E-state index in [9.17, 15) is 15.2 Å². The highest BCUT2D eigenvalue weighted by Crippen LogP contribution is 2.43. The predicted molar refractivity (Wildman–Crippen MR) is 145 cm³/mol. The number of amides is 1. The minimum atomic E-state index is -0.0365. The number of nitriles is 1. The summed E-state index contributed by atoms with van der Waals surface area (Å²) in [7, 11) is 0. The number of aromatic nitrogens is 4. The van der Waals surface area contributed by atoms with E-state index in [0.717, 1.165) is 60.9 Å². The number of piperidine rings is 1. The van der Waals surface area contributed by atoms with Crippen molar-refractivity contribution in [3.05, 3.63) is 42.1 Å². The molecule has 3 saturated heterocycles. The zero-order valence-electron chi connectivity index (χ0n) is 21.7. The van der Waals surface area contributed by atoms with Gasteiger partial charge in [-0.15, -0.1) is 0 Å². The highest BCUT2D eigenvalue weighted by Gasteiger charge is 2.49. The van der Waals surface area contributed by atoms with E-state index in [1.807, 2.05) is 24.0 Å². The lowest BCUT2D eigenvalue weighted by atomic mass is 9.79. The minimum Gasteiger partial charge on any atom is -0.396 e. The first-order chi connectivity index (χ1) is 18.4. The molecule has 3 fully saturated rings.